The molecule has 1 rings (SSSR count). The summed E-state index contributed by atoms with van der Waals surface area (Å²) in [6.45, 7) is 7.16. The van der Waals surface area contributed by atoms with Crippen molar-refractivity contribution in [2.75, 3.05) is 31.9 Å². The Hall–Kier alpha value is -0.220. The molecule has 0 spiro atoms. The molecule has 1 aliphatic rings. The first-order chi connectivity index (χ1) is 7.27. The molecule has 1 saturated heterocycles. The van der Waals surface area contributed by atoms with E-state index in [0.29, 0.717) is 6.54 Å². The van der Waals surface area contributed by atoms with Gasteiger partial charge in [-0.15, -0.1) is 0 Å². The van der Waals surface area contributed by atoms with Gasteiger partial charge in [0, 0.05) is 24.9 Å². The van der Waals surface area contributed by atoms with Crippen molar-refractivity contribution >= 4 is 17.7 Å². The van der Waals surface area contributed by atoms with Crippen molar-refractivity contribution in [1.29, 1.82) is 0 Å². The fraction of sp³-hybridized carbons (Fsp3) is 0.909. The number of nitrogens with zero attached hydrogens (tertiary/aromatic N) is 1. The number of hydrogen-bond donors (Lipinski definition) is 1. The van der Waals surface area contributed by atoms with Crippen LogP contribution < -0.4 is 5.32 Å². The summed E-state index contributed by atoms with van der Waals surface area (Å²) in [7, 11) is 0. The normalized spacial score (nSPS) is 20.5. The molecular formula is C11H22N2OS. The lowest BCUT2D eigenvalue weighted by Gasteiger charge is -2.19. The topological polar surface area (TPSA) is 32.3 Å². The summed E-state index contributed by atoms with van der Waals surface area (Å²) in [6, 6.07) is 0. The van der Waals surface area contributed by atoms with Crippen molar-refractivity contribution < 1.29 is 4.79 Å². The summed E-state index contributed by atoms with van der Waals surface area (Å²) in [5.41, 5.74) is 0. The molecule has 1 amide bonds. The van der Waals surface area contributed by atoms with Gasteiger partial charge in [-0.05, 0) is 32.4 Å². The Balaban J connectivity index is 2.10. The number of nitrogens with one attached hydrogen (secondary N) is 1. The molecule has 0 saturated carbocycles. The van der Waals surface area contributed by atoms with Gasteiger partial charge in [0.2, 0.25) is 5.91 Å². The Labute approximate surface area is 97.0 Å². The highest BCUT2D eigenvalue weighted by atomic mass is 32.2. The van der Waals surface area contributed by atoms with Crippen LogP contribution in [0.2, 0.25) is 0 Å². The number of likely N-dealkylation sites (N-methyl/N-ethyl adjacent to an activating group) is 1. The first-order valence-corrected chi connectivity index (χ1v) is 6.92. The second kappa shape index (κ2) is 7.12. The van der Waals surface area contributed by atoms with Gasteiger partial charge >= 0.3 is 0 Å². The predicted molar refractivity (Wildman–Crippen MR) is 66.3 cm³/mol. The smallest absolute Gasteiger partial charge is 0.236 e. The minimum atomic E-state index is 0.225. The van der Waals surface area contributed by atoms with Gasteiger partial charge in [-0.2, -0.15) is 11.8 Å². The maximum Gasteiger partial charge on any atom is 0.236 e. The highest BCUT2D eigenvalue weighted by Gasteiger charge is 2.16. The maximum atomic E-state index is 11.6. The Kier molecular flexibility index (Phi) is 6.10. The average Bonchev–Trinajstić information content (AvgIpc) is 2.72. The molecule has 0 aromatic heterocycles. The van der Waals surface area contributed by atoms with E-state index in [1.165, 1.54) is 18.6 Å². The molecule has 1 aliphatic heterocycles. The van der Waals surface area contributed by atoms with Crippen molar-refractivity contribution in [3.05, 3.63) is 0 Å². The van der Waals surface area contributed by atoms with Crippen LogP contribution in [0.25, 0.3) is 0 Å². The largest absolute Gasteiger partial charge is 0.342 e. The molecule has 0 aromatic rings. The van der Waals surface area contributed by atoms with Gasteiger partial charge in [-0.3, -0.25) is 4.79 Å². The zero-order chi connectivity index (χ0) is 11.1. The lowest BCUT2D eigenvalue weighted by Crippen LogP contribution is -2.39. The molecular weight excluding hydrogens is 208 g/mol. The van der Waals surface area contributed by atoms with E-state index >= 15 is 0 Å². The van der Waals surface area contributed by atoms with Crippen molar-refractivity contribution in [1.82, 2.24) is 10.2 Å². The Morgan fingerprint density at radius 2 is 2.20 bits per heavy atom. The van der Waals surface area contributed by atoms with Crippen LogP contribution in [-0.4, -0.2) is 48.0 Å². The van der Waals surface area contributed by atoms with Gasteiger partial charge < -0.3 is 10.2 Å². The number of carbonyl (C=O) groups is 1. The van der Waals surface area contributed by atoms with Crippen molar-refractivity contribution in [2.45, 2.75) is 31.9 Å². The highest BCUT2D eigenvalue weighted by molar-refractivity contribution is 8.00. The maximum absolute atomic E-state index is 11.6. The molecule has 0 aliphatic carbocycles. The van der Waals surface area contributed by atoms with Gasteiger partial charge in [-0.1, -0.05) is 0 Å². The second-order valence-electron chi connectivity index (χ2n) is 3.83. The zero-order valence-corrected chi connectivity index (χ0v) is 10.6. The van der Waals surface area contributed by atoms with Crippen LogP contribution in [0, 0.1) is 0 Å². The summed E-state index contributed by atoms with van der Waals surface area (Å²) in [6.07, 6.45) is 2.64. The van der Waals surface area contributed by atoms with E-state index in [2.05, 4.69) is 5.32 Å². The molecule has 88 valence electrons. The second-order valence-corrected chi connectivity index (χ2v) is 5.24. The van der Waals surface area contributed by atoms with E-state index in [-0.39, 0.29) is 5.91 Å². The van der Waals surface area contributed by atoms with Crippen LogP contribution in [0.1, 0.15) is 26.7 Å². The minimum absolute atomic E-state index is 0.225. The molecule has 0 bridgehead atoms. The third-order valence-corrected chi connectivity index (χ3v) is 4.19. The van der Waals surface area contributed by atoms with Crippen molar-refractivity contribution in [2.24, 2.45) is 0 Å². The average molecular weight is 230 g/mol. The van der Waals surface area contributed by atoms with E-state index in [0.717, 1.165) is 24.9 Å². The van der Waals surface area contributed by atoms with Crippen LogP contribution in [0.3, 0.4) is 0 Å². The van der Waals surface area contributed by atoms with E-state index in [1.807, 2.05) is 30.5 Å². The first-order valence-electron chi connectivity index (χ1n) is 5.88. The van der Waals surface area contributed by atoms with Crippen molar-refractivity contribution in [3.8, 4) is 0 Å². The number of amides is 1. The molecule has 1 heterocycles. The molecule has 0 radical (unpaired) electrons. The Morgan fingerprint density at radius 1 is 1.47 bits per heavy atom. The zero-order valence-electron chi connectivity index (χ0n) is 9.79. The van der Waals surface area contributed by atoms with Gasteiger partial charge in [0.15, 0.2) is 0 Å². The molecule has 1 atom stereocenters. The minimum Gasteiger partial charge on any atom is -0.342 e. The van der Waals surface area contributed by atoms with Crippen molar-refractivity contribution in [3.63, 3.8) is 0 Å². The van der Waals surface area contributed by atoms with E-state index in [9.17, 15) is 4.79 Å². The van der Waals surface area contributed by atoms with Gasteiger partial charge in [0.1, 0.15) is 0 Å². The molecule has 4 heteroatoms. The lowest BCUT2D eigenvalue weighted by atomic mass is 10.2. The van der Waals surface area contributed by atoms with Gasteiger partial charge in [0.25, 0.3) is 0 Å². The molecule has 1 N–H and O–H groups in total. The molecule has 15 heavy (non-hydrogen) atoms. The standard InChI is InChI=1S/C11H22N2OS/c1-3-13(4-2)11(14)9-12-8-10-6-5-7-15-10/h10,12H,3-9H2,1-2H3. The van der Waals surface area contributed by atoms with Gasteiger partial charge in [0.05, 0.1) is 6.54 Å². The SMILES string of the molecule is CCN(CC)C(=O)CNCC1CCCS1. The summed E-state index contributed by atoms with van der Waals surface area (Å²) < 4.78 is 0. The van der Waals surface area contributed by atoms with E-state index in [1.54, 1.807) is 0 Å². The fourth-order valence-corrected chi connectivity index (χ4v) is 3.07. The summed E-state index contributed by atoms with van der Waals surface area (Å²) in [5.74, 6) is 1.51. The third-order valence-electron chi connectivity index (χ3n) is 2.79. The fourth-order valence-electron chi connectivity index (χ4n) is 1.83. The van der Waals surface area contributed by atoms with Crippen LogP contribution in [0.5, 0.6) is 0 Å². The molecule has 0 aromatic carbocycles. The third kappa shape index (κ3) is 4.43. The molecule has 3 nitrogen and oxygen atoms in total. The monoisotopic (exact) mass is 230 g/mol. The molecule has 1 fully saturated rings. The van der Waals surface area contributed by atoms with E-state index < -0.39 is 0 Å². The summed E-state index contributed by atoms with van der Waals surface area (Å²) in [4.78, 5) is 13.5. The van der Waals surface area contributed by atoms with Crippen LogP contribution in [0.15, 0.2) is 0 Å². The quantitative estimate of drug-likeness (QED) is 0.747. The highest BCUT2D eigenvalue weighted by Crippen LogP contribution is 2.25. The number of carbonyl (C=O) groups excluding carboxylic acids is 1. The Morgan fingerprint density at radius 3 is 2.73 bits per heavy atom. The summed E-state index contributed by atoms with van der Waals surface area (Å²) >= 11 is 2.03. The lowest BCUT2D eigenvalue weighted by molar-refractivity contribution is -0.129. The van der Waals surface area contributed by atoms with Gasteiger partial charge in [-0.25, -0.2) is 0 Å². The molecule has 1 unspecified atom stereocenters. The Bertz CT molecular complexity index is 189. The van der Waals surface area contributed by atoms with Crippen LogP contribution in [0.4, 0.5) is 0 Å². The predicted octanol–water partition coefficient (Wildman–Crippen LogP) is 1.34. The van der Waals surface area contributed by atoms with Crippen LogP contribution >= 0.6 is 11.8 Å². The van der Waals surface area contributed by atoms with Crippen LogP contribution in [-0.2, 0) is 4.79 Å². The number of hydrogen-bond acceptors (Lipinski definition) is 3. The summed E-state index contributed by atoms with van der Waals surface area (Å²) in [5, 5.41) is 4.00. The number of thioether (sulfide) groups is 1. The van der Waals surface area contributed by atoms with E-state index in [4.69, 9.17) is 0 Å². The number of rotatable bonds is 6. The first kappa shape index (κ1) is 12.8.